The van der Waals surface area contributed by atoms with Gasteiger partial charge in [0.15, 0.2) is 5.16 Å². The number of benzene rings is 1. The summed E-state index contributed by atoms with van der Waals surface area (Å²) in [6, 6.07) is 7.94. The van der Waals surface area contributed by atoms with Crippen LogP contribution in [0.3, 0.4) is 0 Å². The van der Waals surface area contributed by atoms with E-state index < -0.39 is 0 Å². The second-order valence-corrected chi connectivity index (χ2v) is 6.63. The minimum absolute atomic E-state index is 0.0435. The standard InChI is InChI=1S/C16H21N7O2S/c1-25-12-4-2-11(3-5-12)22-6-8-23(9-7-22)13(24)10-26-16-20-14(17)19-15(18)21-16/h2-5H,6-10H2,1H3,(H4,17,18,19,20,21). The van der Waals surface area contributed by atoms with Gasteiger partial charge in [0, 0.05) is 31.9 Å². The topological polar surface area (TPSA) is 123 Å². The number of thioether (sulfide) groups is 1. The average Bonchev–Trinajstić information content (AvgIpc) is 2.65. The molecule has 26 heavy (non-hydrogen) atoms. The van der Waals surface area contributed by atoms with Gasteiger partial charge < -0.3 is 26.0 Å². The maximum absolute atomic E-state index is 12.4. The zero-order valence-electron chi connectivity index (χ0n) is 14.5. The highest BCUT2D eigenvalue weighted by Crippen LogP contribution is 2.21. The van der Waals surface area contributed by atoms with Crippen LogP contribution in [0.4, 0.5) is 17.6 Å². The molecule has 0 atom stereocenters. The SMILES string of the molecule is COc1ccc(N2CCN(C(=O)CSc3nc(N)nc(N)n3)CC2)cc1. The summed E-state index contributed by atoms with van der Waals surface area (Å²) < 4.78 is 5.18. The largest absolute Gasteiger partial charge is 0.497 e. The van der Waals surface area contributed by atoms with Crippen molar-refractivity contribution < 1.29 is 9.53 Å². The van der Waals surface area contributed by atoms with E-state index in [0.29, 0.717) is 18.2 Å². The van der Waals surface area contributed by atoms with Gasteiger partial charge in [0.1, 0.15) is 5.75 Å². The van der Waals surface area contributed by atoms with Crippen molar-refractivity contribution in [1.29, 1.82) is 0 Å². The Morgan fingerprint density at radius 1 is 1.08 bits per heavy atom. The summed E-state index contributed by atoms with van der Waals surface area (Å²) in [4.78, 5) is 28.1. The van der Waals surface area contributed by atoms with Gasteiger partial charge >= 0.3 is 0 Å². The van der Waals surface area contributed by atoms with Crippen LogP contribution in [-0.4, -0.2) is 64.8 Å². The molecule has 0 unspecified atom stereocenters. The Kier molecular flexibility index (Phi) is 5.61. The maximum Gasteiger partial charge on any atom is 0.233 e. The number of piperazine rings is 1. The Morgan fingerprint density at radius 2 is 1.69 bits per heavy atom. The summed E-state index contributed by atoms with van der Waals surface area (Å²) in [5, 5.41) is 0.361. The molecule has 2 aromatic rings. The zero-order valence-corrected chi connectivity index (χ0v) is 15.3. The molecule has 4 N–H and O–H groups in total. The van der Waals surface area contributed by atoms with Crippen molar-refractivity contribution in [2.24, 2.45) is 0 Å². The van der Waals surface area contributed by atoms with E-state index in [-0.39, 0.29) is 23.6 Å². The van der Waals surface area contributed by atoms with E-state index in [2.05, 4.69) is 19.9 Å². The lowest BCUT2D eigenvalue weighted by atomic mass is 10.2. The molecule has 0 radical (unpaired) electrons. The van der Waals surface area contributed by atoms with Gasteiger partial charge in [-0.05, 0) is 24.3 Å². The lowest BCUT2D eigenvalue weighted by molar-refractivity contribution is -0.128. The zero-order chi connectivity index (χ0) is 18.5. The molecule has 0 aliphatic carbocycles. The molecule has 1 aromatic carbocycles. The number of methoxy groups -OCH3 is 1. The number of aromatic nitrogens is 3. The van der Waals surface area contributed by atoms with Crippen LogP contribution in [0.2, 0.25) is 0 Å². The first-order valence-electron chi connectivity index (χ1n) is 8.12. The molecular weight excluding hydrogens is 354 g/mol. The molecule has 0 bridgehead atoms. The molecule has 0 spiro atoms. The van der Waals surface area contributed by atoms with E-state index in [4.69, 9.17) is 16.2 Å². The van der Waals surface area contributed by atoms with Crippen molar-refractivity contribution in [1.82, 2.24) is 19.9 Å². The first-order chi connectivity index (χ1) is 12.5. The quantitative estimate of drug-likeness (QED) is 0.718. The first kappa shape index (κ1) is 18.1. The molecule has 2 heterocycles. The molecule has 1 amide bonds. The Labute approximate surface area is 155 Å². The highest BCUT2D eigenvalue weighted by atomic mass is 32.2. The van der Waals surface area contributed by atoms with Crippen LogP contribution in [-0.2, 0) is 4.79 Å². The van der Waals surface area contributed by atoms with Gasteiger partial charge in [-0.1, -0.05) is 11.8 Å². The van der Waals surface area contributed by atoms with E-state index in [0.717, 1.165) is 24.5 Å². The third-order valence-corrected chi connectivity index (χ3v) is 4.88. The summed E-state index contributed by atoms with van der Waals surface area (Å²) in [5.41, 5.74) is 12.2. The smallest absolute Gasteiger partial charge is 0.233 e. The second kappa shape index (κ2) is 8.09. The predicted octanol–water partition coefficient (Wildman–Crippen LogP) is 0.486. The number of hydrogen-bond donors (Lipinski definition) is 2. The number of nitrogens with zero attached hydrogens (tertiary/aromatic N) is 5. The Bertz CT molecular complexity index is 743. The molecule has 9 nitrogen and oxygen atoms in total. The molecule has 1 aliphatic heterocycles. The second-order valence-electron chi connectivity index (χ2n) is 5.69. The molecule has 1 fully saturated rings. The fourth-order valence-electron chi connectivity index (χ4n) is 2.68. The number of carbonyl (C=O) groups excluding carboxylic acids is 1. The van der Waals surface area contributed by atoms with Gasteiger partial charge in [-0.2, -0.15) is 15.0 Å². The minimum atomic E-state index is 0.0435. The van der Waals surface area contributed by atoms with E-state index in [9.17, 15) is 4.79 Å². The Balaban J connectivity index is 1.49. The molecule has 138 valence electrons. The lowest BCUT2D eigenvalue weighted by Crippen LogP contribution is -2.49. The number of rotatable bonds is 5. The summed E-state index contributed by atoms with van der Waals surface area (Å²) >= 11 is 1.21. The van der Waals surface area contributed by atoms with Gasteiger partial charge in [-0.3, -0.25) is 4.79 Å². The van der Waals surface area contributed by atoms with E-state index in [1.54, 1.807) is 7.11 Å². The van der Waals surface area contributed by atoms with Gasteiger partial charge in [-0.25, -0.2) is 0 Å². The van der Waals surface area contributed by atoms with Gasteiger partial charge in [-0.15, -0.1) is 0 Å². The van der Waals surface area contributed by atoms with Crippen molar-refractivity contribution >= 4 is 35.3 Å². The molecular formula is C16H21N7O2S. The fraction of sp³-hybridized carbons (Fsp3) is 0.375. The number of carbonyl (C=O) groups is 1. The third kappa shape index (κ3) is 4.45. The van der Waals surface area contributed by atoms with Crippen molar-refractivity contribution in [2.45, 2.75) is 5.16 Å². The van der Waals surface area contributed by atoms with Crippen LogP contribution in [0.1, 0.15) is 0 Å². The molecule has 0 saturated carbocycles. The number of ether oxygens (including phenoxy) is 1. The van der Waals surface area contributed by atoms with Crippen LogP contribution in [0.5, 0.6) is 5.75 Å². The Hall–Kier alpha value is -2.75. The van der Waals surface area contributed by atoms with Gasteiger partial charge in [0.2, 0.25) is 17.8 Å². The number of amides is 1. The molecule has 1 saturated heterocycles. The predicted molar refractivity (Wildman–Crippen MR) is 101 cm³/mol. The minimum Gasteiger partial charge on any atom is -0.497 e. The monoisotopic (exact) mass is 375 g/mol. The first-order valence-corrected chi connectivity index (χ1v) is 9.10. The maximum atomic E-state index is 12.4. The van der Waals surface area contributed by atoms with Crippen molar-refractivity contribution in [3.63, 3.8) is 0 Å². The van der Waals surface area contributed by atoms with Crippen LogP contribution in [0, 0.1) is 0 Å². The summed E-state index contributed by atoms with van der Waals surface area (Å²) in [6.07, 6.45) is 0. The number of nitrogen functional groups attached to an aromatic ring is 2. The van der Waals surface area contributed by atoms with Crippen LogP contribution < -0.4 is 21.1 Å². The highest BCUT2D eigenvalue weighted by Gasteiger charge is 2.21. The average molecular weight is 375 g/mol. The highest BCUT2D eigenvalue weighted by molar-refractivity contribution is 7.99. The fourth-order valence-corrected chi connectivity index (χ4v) is 3.43. The summed E-state index contributed by atoms with van der Waals surface area (Å²) in [6.45, 7) is 2.92. The van der Waals surface area contributed by atoms with E-state index in [1.807, 2.05) is 29.2 Å². The van der Waals surface area contributed by atoms with Gasteiger partial charge in [0.25, 0.3) is 0 Å². The normalized spacial score (nSPS) is 14.3. The Morgan fingerprint density at radius 3 is 2.27 bits per heavy atom. The van der Waals surface area contributed by atoms with Crippen LogP contribution in [0.25, 0.3) is 0 Å². The van der Waals surface area contributed by atoms with E-state index in [1.165, 1.54) is 11.8 Å². The van der Waals surface area contributed by atoms with Gasteiger partial charge in [0.05, 0.1) is 12.9 Å². The molecule has 1 aromatic heterocycles. The number of nitrogens with two attached hydrogens (primary N) is 2. The van der Waals surface area contributed by atoms with E-state index >= 15 is 0 Å². The molecule has 3 rings (SSSR count). The molecule has 1 aliphatic rings. The van der Waals surface area contributed by atoms with Crippen LogP contribution >= 0.6 is 11.8 Å². The van der Waals surface area contributed by atoms with Crippen molar-refractivity contribution in [3.8, 4) is 5.75 Å². The lowest BCUT2D eigenvalue weighted by Gasteiger charge is -2.36. The van der Waals surface area contributed by atoms with Crippen LogP contribution in [0.15, 0.2) is 29.4 Å². The summed E-state index contributed by atoms with van der Waals surface area (Å²) in [7, 11) is 1.65. The third-order valence-electron chi connectivity index (χ3n) is 4.04. The number of hydrogen-bond acceptors (Lipinski definition) is 9. The summed E-state index contributed by atoms with van der Waals surface area (Å²) in [5.74, 6) is 1.23. The van der Waals surface area contributed by atoms with Crippen molar-refractivity contribution in [3.05, 3.63) is 24.3 Å². The number of anilines is 3. The molecule has 10 heteroatoms. The van der Waals surface area contributed by atoms with Crippen molar-refractivity contribution in [2.75, 3.05) is 55.4 Å².